The molecule has 1 saturated heterocycles. The summed E-state index contributed by atoms with van der Waals surface area (Å²) in [6.45, 7) is 3.23. The molecule has 0 radical (unpaired) electrons. The predicted octanol–water partition coefficient (Wildman–Crippen LogP) is 1.79. The lowest BCUT2D eigenvalue weighted by Crippen LogP contribution is -2.36. The summed E-state index contributed by atoms with van der Waals surface area (Å²) in [5, 5.41) is -0.135. The second-order valence-electron chi connectivity index (χ2n) is 6.15. The topological polar surface area (TPSA) is 55.2 Å². The van der Waals surface area contributed by atoms with E-state index in [1.165, 1.54) is 0 Å². The normalized spacial score (nSPS) is 25.6. The summed E-state index contributed by atoms with van der Waals surface area (Å²) in [5.41, 5.74) is 1.000. The van der Waals surface area contributed by atoms with Gasteiger partial charge in [0.25, 0.3) is 0 Å². The van der Waals surface area contributed by atoms with Gasteiger partial charge >= 0.3 is 0 Å². The molecule has 2 heterocycles. The van der Waals surface area contributed by atoms with Crippen molar-refractivity contribution in [3.05, 3.63) is 17.7 Å². The summed E-state index contributed by atoms with van der Waals surface area (Å²) in [4.78, 5) is 4.55. The van der Waals surface area contributed by atoms with Crippen molar-refractivity contribution in [2.45, 2.75) is 50.2 Å². The fraction of sp³-hybridized carbons (Fsp3) is 0.786. The first-order chi connectivity index (χ1) is 9.48. The number of sulfonamides is 1. The number of aryl methyl sites for hydroxylation is 2. The quantitative estimate of drug-likeness (QED) is 0.854. The lowest BCUT2D eigenvalue weighted by atomic mass is 10.1. The van der Waals surface area contributed by atoms with Gasteiger partial charge in [-0.3, -0.25) is 0 Å². The van der Waals surface area contributed by atoms with Gasteiger partial charge in [-0.1, -0.05) is 12.8 Å². The van der Waals surface area contributed by atoms with Crippen LogP contribution in [0.5, 0.6) is 0 Å². The standard InChI is InChI=1S/C14H23N3O2S/c1-11-9-16(2)14(15-11)12-7-8-17(10-12)20(18,19)13-5-3-4-6-13/h9,12-13H,3-8,10H2,1-2H3/t12-/m1/s1. The highest BCUT2D eigenvalue weighted by Gasteiger charge is 2.39. The summed E-state index contributed by atoms with van der Waals surface area (Å²) in [7, 11) is -1.10. The molecule has 0 spiro atoms. The molecule has 0 N–H and O–H groups in total. The molecule has 2 aliphatic rings. The van der Waals surface area contributed by atoms with Crippen molar-refractivity contribution in [3.63, 3.8) is 0 Å². The number of nitrogens with zero attached hydrogens (tertiary/aromatic N) is 3. The average molecular weight is 297 g/mol. The molecule has 0 aromatic carbocycles. The SMILES string of the molecule is Cc1cn(C)c([C@@H]2CCN(S(=O)(=O)C3CCCC3)C2)n1. The van der Waals surface area contributed by atoms with Crippen molar-refractivity contribution < 1.29 is 8.42 Å². The van der Waals surface area contributed by atoms with Gasteiger partial charge in [0.05, 0.1) is 10.9 Å². The third-order valence-corrected chi connectivity index (χ3v) is 7.00. The second-order valence-corrected chi connectivity index (χ2v) is 8.36. The molecule has 0 bridgehead atoms. The van der Waals surface area contributed by atoms with E-state index in [-0.39, 0.29) is 11.2 Å². The fourth-order valence-electron chi connectivity index (χ4n) is 3.58. The zero-order chi connectivity index (χ0) is 14.3. The van der Waals surface area contributed by atoms with Crippen LogP contribution < -0.4 is 0 Å². The molecule has 1 saturated carbocycles. The van der Waals surface area contributed by atoms with Crippen LogP contribution in [0.3, 0.4) is 0 Å². The van der Waals surface area contributed by atoms with Crippen LogP contribution in [0, 0.1) is 6.92 Å². The molecule has 1 aromatic rings. The number of hydrogen-bond acceptors (Lipinski definition) is 3. The Morgan fingerprint density at radius 3 is 2.55 bits per heavy atom. The predicted molar refractivity (Wildman–Crippen MR) is 78.1 cm³/mol. The molecule has 0 amide bonds. The van der Waals surface area contributed by atoms with Crippen LogP contribution in [0.15, 0.2) is 6.20 Å². The fourth-order valence-corrected chi connectivity index (χ4v) is 5.68. The van der Waals surface area contributed by atoms with Gasteiger partial charge in [0, 0.05) is 32.3 Å². The van der Waals surface area contributed by atoms with Gasteiger partial charge in [0.1, 0.15) is 5.82 Å². The highest BCUT2D eigenvalue weighted by molar-refractivity contribution is 7.89. The van der Waals surface area contributed by atoms with E-state index in [1.807, 2.05) is 24.7 Å². The van der Waals surface area contributed by atoms with Crippen molar-refractivity contribution in [3.8, 4) is 0 Å². The highest BCUT2D eigenvalue weighted by Crippen LogP contribution is 2.33. The molecular weight excluding hydrogens is 274 g/mol. The lowest BCUT2D eigenvalue weighted by Gasteiger charge is -2.21. The van der Waals surface area contributed by atoms with Gasteiger partial charge in [0.15, 0.2) is 0 Å². The van der Waals surface area contributed by atoms with Gasteiger partial charge in [-0.25, -0.2) is 17.7 Å². The van der Waals surface area contributed by atoms with E-state index < -0.39 is 10.0 Å². The Balaban J connectivity index is 1.75. The monoisotopic (exact) mass is 297 g/mol. The van der Waals surface area contributed by atoms with Gasteiger partial charge in [-0.05, 0) is 26.2 Å². The van der Waals surface area contributed by atoms with Crippen molar-refractivity contribution in [1.82, 2.24) is 13.9 Å². The molecule has 2 fully saturated rings. The van der Waals surface area contributed by atoms with Crippen molar-refractivity contribution in [2.75, 3.05) is 13.1 Å². The minimum Gasteiger partial charge on any atom is -0.337 e. The van der Waals surface area contributed by atoms with Crippen LogP contribution in [0.25, 0.3) is 0 Å². The summed E-state index contributed by atoms with van der Waals surface area (Å²) in [5.74, 6) is 1.26. The molecule has 1 aromatic heterocycles. The van der Waals surface area contributed by atoms with Gasteiger partial charge in [0.2, 0.25) is 10.0 Å². The van der Waals surface area contributed by atoms with Gasteiger partial charge in [-0.2, -0.15) is 0 Å². The maximum absolute atomic E-state index is 12.6. The maximum Gasteiger partial charge on any atom is 0.217 e. The number of hydrogen-bond donors (Lipinski definition) is 0. The Labute approximate surface area is 121 Å². The molecular formula is C14H23N3O2S. The molecule has 6 heteroatoms. The Morgan fingerprint density at radius 1 is 1.25 bits per heavy atom. The van der Waals surface area contributed by atoms with E-state index in [1.54, 1.807) is 4.31 Å². The lowest BCUT2D eigenvalue weighted by molar-refractivity contribution is 0.458. The molecule has 1 aliphatic carbocycles. The van der Waals surface area contributed by atoms with E-state index in [0.29, 0.717) is 13.1 Å². The minimum absolute atomic E-state index is 0.135. The molecule has 3 rings (SSSR count). The van der Waals surface area contributed by atoms with Crippen molar-refractivity contribution >= 4 is 10.0 Å². The van der Waals surface area contributed by atoms with Crippen LogP contribution in [0.4, 0.5) is 0 Å². The number of aromatic nitrogens is 2. The van der Waals surface area contributed by atoms with E-state index >= 15 is 0 Å². The third kappa shape index (κ3) is 2.39. The second kappa shape index (κ2) is 5.15. The Hall–Kier alpha value is -0.880. The average Bonchev–Trinajstić information content (AvgIpc) is 3.08. The Bertz CT molecular complexity index is 588. The van der Waals surface area contributed by atoms with Gasteiger partial charge in [-0.15, -0.1) is 0 Å². The minimum atomic E-state index is -3.09. The van der Waals surface area contributed by atoms with Crippen LogP contribution in [-0.2, 0) is 17.1 Å². The van der Waals surface area contributed by atoms with Crippen molar-refractivity contribution in [2.24, 2.45) is 7.05 Å². The van der Waals surface area contributed by atoms with E-state index in [0.717, 1.165) is 43.6 Å². The largest absolute Gasteiger partial charge is 0.337 e. The summed E-state index contributed by atoms with van der Waals surface area (Å²) in [6.07, 6.45) is 6.68. The Kier molecular flexibility index (Phi) is 3.62. The van der Waals surface area contributed by atoms with E-state index in [2.05, 4.69) is 4.98 Å². The van der Waals surface area contributed by atoms with Gasteiger partial charge < -0.3 is 4.57 Å². The van der Waals surface area contributed by atoms with Crippen LogP contribution >= 0.6 is 0 Å². The molecule has 1 aliphatic heterocycles. The summed E-state index contributed by atoms with van der Waals surface area (Å²) < 4.78 is 28.9. The first-order valence-electron chi connectivity index (χ1n) is 7.47. The molecule has 112 valence electrons. The van der Waals surface area contributed by atoms with Crippen LogP contribution in [0.1, 0.15) is 49.5 Å². The summed E-state index contributed by atoms with van der Waals surface area (Å²) in [6, 6.07) is 0. The van der Waals surface area contributed by atoms with Crippen molar-refractivity contribution in [1.29, 1.82) is 0 Å². The maximum atomic E-state index is 12.6. The molecule has 20 heavy (non-hydrogen) atoms. The zero-order valence-corrected chi connectivity index (χ0v) is 13.1. The Morgan fingerprint density at radius 2 is 1.95 bits per heavy atom. The molecule has 0 unspecified atom stereocenters. The number of rotatable bonds is 3. The smallest absolute Gasteiger partial charge is 0.217 e. The zero-order valence-electron chi connectivity index (χ0n) is 12.2. The molecule has 1 atom stereocenters. The van der Waals surface area contributed by atoms with E-state index in [4.69, 9.17) is 0 Å². The highest BCUT2D eigenvalue weighted by atomic mass is 32.2. The number of imidazole rings is 1. The first-order valence-corrected chi connectivity index (χ1v) is 8.97. The van der Waals surface area contributed by atoms with Crippen LogP contribution in [0.2, 0.25) is 0 Å². The third-order valence-electron chi connectivity index (χ3n) is 4.63. The first kappa shape index (κ1) is 14.1. The van der Waals surface area contributed by atoms with Crippen LogP contribution in [-0.4, -0.2) is 40.6 Å². The van der Waals surface area contributed by atoms with E-state index in [9.17, 15) is 8.42 Å². The summed E-state index contributed by atoms with van der Waals surface area (Å²) >= 11 is 0. The molecule has 5 nitrogen and oxygen atoms in total.